The second-order valence-corrected chi connectivity index (χ2v) is 8.61. The first-order valence-corrected chi connectivity index (χ1v) is 12.7. The Labute approximate surface area is 242 Å². The molecule has 0 aromatic carbocycles. The second kappa shape index (κ2) is 28.5. The SMILES string of the molecule is CCC[C@H](N)C(=O)O.NC(N)=NCCCC[C@H](N)C(=O)O.N[C@@H](CC(=O)O)C(=O)O.N[C@H](CCCCC(=O)O)C(=O)O. The first-order valence-electron chi connectivity index (χ1n) is 12.7. The quantitative estimate of drug-likeness (QED) is 0.0449. The highest BCUT2D eigenvalue weighted by Gasteiger charge is 2.14. The van der Waals surface area contributed by atoms with Gasteiger partial charge in [-0.25, -0.2) is 0 Å². The summed E-state index contributed by atoms with van der Waals surface area (Å²) in [4.78, 5) is 63.8. The lowest BCUT2D eigenvalue weighted by atomic mass is 10.1. The van der Waals surface area contributed by atoms with Crippen LogP contribution in [0.25, 0.3) is 0 Å². The Bertz CT molecular complexity index is 839. The van der Waals surface area contributed by atoms with Gasteiger partial charge < -0.3 is 65.0 Å². The van der Waals surface area contributed by atoms with Crippen molar-refractivity contribution in [3.05, 3.63) is 0 Å². The van der Waals surface area contributed by atoms with Gasteiger partial charge in [0.05, 0.1) is 6.42 Å². The number of hydrogen-bond acceptors (Lipinski definition) is 11. The minimum absolute atomic E-state index is 0.0579. The van der Waals surface area contributed by atoms with Crippen molar-refractivity contribution in [3.8, 4) is 0 Å². The Kier molecular flexibility index (Phi) is 30.4. The average Bonchev–Trinajstić information content (AvgIpc) is 2.86. The van der Waals surface area contributed by atoms with E-state index in [2.05, 4.69) is 4.99 Å². The Hall–Kier alpha value is -4.07. The van der Waals surface area contributed by atoms with Gasteiger partial charge in [-0.3, -0.25) is 33.8 Å². The highest BCUT2D eigenvalue weighted by Crippen LogP contribution is 2.02. The van der Waals surface area contributed by atoms with Crippen molar-refractivity contribution >= 4 is 41.8 Å². The van der Waals surface area contributed by atoms with Crippen molar-refractivity contribution in [2.45, 2.75) is 95.3 Å². The van der Waals surface area contributed by atoms with Crippen LogP contribution in [0, 0.1) is 0 Å². The van der Waals surface area contributed by atoms with Gasteiger partial charge in [0.15, 0.2) is 5.96 Å². The molecule has 4 atom stereocenters. The lowest BCUT2D eigenvalue weighted by Crippen LogP contribution is -2.32. The number of aliphatic carboxylic acids is 6. The number of aliphatic imine (C=N–C) groups is 1. The predicted molar refractivity (Wildman–Crippen MR) is 150 cm³/mol. The Balaban J connectivity index is -0.000000233. The molecule has 0 spiro atoms. The Morgan fingerprint density at radius 3 is 1.21 bits per heavy atom. The summed E-state index contributed by atoms with van der Waals surface area (Å²) in [6, 6.07) is -3.60. The monoisotopic (exact) mass is 613 g/mol. The van der Waals surface area contributed by atoms with Gasteiger partial charge in [-0.05, 0) is 38.5 Å². The molecular weight excluding hydrogens is 566 g/mol. The molecule has 19 heteroatoms. The molecule has 0 unspecified atom stereocenters. The van der Waals surface area contributed by atoms with E-state index in [1.165, 1.54) is 0 Å². The standard InChI is InChI=1S/C7H16N4O2.C7H13NO4.C5H11NO2.C4H7NO4/c8-5(6(12)13)3-1-2-4-11-7(9)10;8-5(7(11)12)3-1-2-4-6(9)10;1-2-3-4(6)5(7)8;5-2(4(8)9)1-3(6)7/h5H,1-4,8H2,(H,12,13)(H4,9,10,11);5H,1-4,8H2,(H,9,10)(H,11,12);4H,2-3,6H2,1H3,(H,7,8);2H,1,5H2,(H,6,7)(H,8,9)/t2*5-;4-;2-/m0100/s1. The summed E-state index contributed by atoms with van der Waals surface area (Å²) in [5, 5.41) is 49.2. The lowest BCUT2D eigenvalue weighted by Gasteiger charge is -2.04. The van der Waals surface area contributed by atoms with Gasteiger partial charge in [0, 0.05) is 13.0 Å². The predicted octanol–water partition coefficient (Wildman–Crippen LogP) is -2.04. The van der Waals surface area contributed by atoms with Crippen LogP contribution in [0.5, 0.6) is 0 Å². The van der Waals surface area contributed by atoms with E-state index in [0.29, 0.717) is 45.1 Å². The van der Waals surface area contributed by atoms with Crippen molar-refractivity contribution in [1.82, 2.24) is 0 Å². The van der Waals surface area contributed by atoms with Gasteiger partial charge in [-0.1, -0.05) is 19.8 Å². The average molecular weight is 614 g/mol. The zero-order valence-electron chi connectivity index (χ0n) is 23.6. The van der Waals surface area contributed by atoms with Crippen LogP contribution in [0.4, 0.5) is 0 Å². The fourth-order valence-electron chi connectivity index (χ4n) is 2.28. The maximum absolute atomic E-state index is 10.3. The fourth-order valence-corrected chi connectivity index (χ4v) is 2.28. The van der Waals surface area contributed by atoms with Crippen molar-refractivity contribution in [2.75, 3.05) is 6.54 Å². The maximum Gasteiger partial charge on any atom is 0.321 e. The van der Waals surface area contributed by atoms with Crippen LogP contribution in [-0.4, -0.2) is 103 Å². The molecule has 18 N–H and O–H groups in total. The molecule has 19 nitrogen and oxygen atoms in total. The molecule has 0 bridgehead atoms. The summed E-state index contributed by atoms with van der Waals surface area (Å²) in [5.41, 5.74) is 30.6. The largest absolute Gasteiger partial charge is 0.481 e. The molecule has 0 amide bonds. The van der Waals surface area contributed by atoms with Crippen LogP contribution < -0.4 is 34.4 Å². The number of hydrogen-bond donors (Lipinski definition) is 12. The van der Waals surface area contributed by atoms with Crippen molar-refractivity contribution in [3.63, 3.8) is 0 Å². The minimum atomic E-state index is -1.29. The van der Waals surface area contributed by atoms with Crippen LogP contribution in [0.1, 0.15) is 71.1 Å². The number of guanidine groups is 1. The molecule has 0 fully saturated rings. The number of nitrogens with two attached hydrogens (primary N) is 6. The number of carboxylic acid groups (broad SMARTS) is 6. The first-order chi connectivity index (χ1) is 19.3. The molecule has 246 valence electrons. The van der Waals surface area contributed by atoms with E-state index < -0.39 is 66.4 Å². The summed E-state index contributed by atoms with van der Waals surface area (Å²) in [7, 11) is 0. The molecule has 0 heterocycles. The fraction of sp³-hybridized carbons (Fsp3) is 0.696. The molecule has 0 aromatic rings. The zero-order chi connectivity index (χ0) is 33.8. The van der Waals surface area contributed by atoms with Crippen LogP contribution in [0.3, 0.4) is 0 Å². The smallest absolute Gasteiger partial charge is 0.321 e. The van der Waals surface area contributed by atoms with Crippen molar-refractivity contribution in [2.24, 2.45) is 39.4 Å². The summed E-state index contributed by atoms with van der Waals surface area (Å²) in [6.07, 6.45) is 4.21. The van der Waals surface area contributed by atoms with Crippen LogP contribution in [0.2, 0.25) is 0 Å². The van der Waals surface area contributed by atoms with E-state index in [9.17, 15) is 28.8 Å². The first kappa shape index (κ1) is 44.9. The molecule has 0 saturated carbocycles. The van der Waals surface area contributed by atoms with Crippen molar-refractivity contribution < 1.29 is 59.4 Å². The summed E-state index contributed by atoms with van der Waals surface area (Å²) in [5.74, 6) is -6.22. The summed E-state index contributed by atoms with van der Waals surface area (Å²) >= 11 is 0. The topological polar surface area (TPSA) is 392 Å². The van der Waals surface area contributed by atoms with Gasteiger partial charge in [-0.15, -0.1) is 0 Å². The van der Waals surface area contributed by atoms with Crippen molar-refractivity contribution in [1.29, 1.82) is 0 Å². The number of carbonyl (C=O) groups is 6. The van der Waals surface area contributed by atoms with Gasteiger partial charge in [0.25, 0.3) is 0 Å². The Morgan fingerprint density at radius 1 is 0.571 bits per heavy atom. The molecule has 0 aromatic heterocycles. The Morgan fingerprint density at radius 2 is 0.952 bits per heavy atom. The van der Waals surface area contributed by atoms with Gasteiger partial charge in [0.1, 0.15) is 24.2 Å². The van der Waals surface area contributed by atoms with Gasteiger partial charge >= 0.3 is 35.8 Å². The third-order valence-electron chi connectivity index (χ3n) is 4.64. The number of carboxylic acids is 6. The zero-order valence-corrected chi connectivity index (χ0v) is 23.6. The van der Waals surface area contributed by atoms with Crippen LogP contribution in [0.15, 0.2) is 4.99 Å². The van der Waals surface area contributed by atoms with E-state index in [0.717, 1.165) is 12.8 Å². The van der Waals surface area contributed by atoms with Crippen LogP contribution >= 0.6 is 0 Å². The van der Waals surface area contributed by atoms with E-state index >= 15 is 0 Å². The minimum Gasteiger partial charge on any atom is -0.481 e. The maximum atomic E-state index is 10.3. The molecule has 0 saturated heterocycles. The molecule has 0 aliphatic carbocycles. The molecule has 0 radical (unpaired) electrons. The van der Waals surface area contributed by atoms with Crippen LogP contribution in [-0.2, 0) is 28.8 Å². The van der Waals surface area contributed by atoms with Gasteiger partial charge in [0.2, 0.25) is 0 Å². The highest BCUT2D eigenvalue weighted by molar-refractivity contribution is 5.80. The van der Waals surface area contributed by atoms with Gasteiger partial charge in [-0.2, -0.15) is 0 Å². The van der Waals surface area contributed by atoms with E-state index in [1.54, 1.807) is 0 Å². The van der Waals surface area contributed by atoms with E-state index in [4.69, 9.17) is 65.0 Å². The molecular formula is C23H47N7O12. The lowest BCUT2D eigenvalue weighted by molar-refractivity contribution is -0.144. The second-order valence-electron chi connectivity index (χ2n) is 8.61. The third kappa shape index (κ3) is 38.1. The van der Waals surface area contributed by atoms with E-state index in [-0.39, 0.29) is 12.4 Å². The number of rotatable bonds is 18. The summed E-state index contributed by atoms with van der Waals surface area (Å²) < 4.78 is 0. The number of unbranched alkanes of at least 4 members (excludes halogenated alkanes) is 2. The van der Waals surface area contributed by atoms with E-state index in [1.807, 2.05) is 6.92 Å². The number of nitrogens with zero attached hydrogens (tertiary/aromatic N) is 1. The molecule has 0 aliphatic rings. The summed E-state index contributed by atoms with van der Waals surface area (Å²) in [6.45, 7) is 2.43. The molecule has 0 aliphatic heterocycles. The highest BCUT2D eigenvalue weighted by atomic mass is 16.4. The molecule has 0 rings (SSSR count). The molecule has 42 heavy (non-hydrogen) atoms. The third-order valence-corrected chi connectivity index (χ3v) is 4.64. The normalized spacial score (nSPS) is 12.5.